The summed E-state index contributed by atoms with van der Waals surface area (Å²) in [7, 11) is 0. The maximum absolute atomic E-state index is 12.5. The minimum absolute atomic E-state index is 0.179. The van der Waals surface area contributed by atoms with Crippen LogP contribution in [0.3, 0.4) is 0 Å². The topological polar surface area (TPSA) is 124 Å². The van der Waals surface area contributed by atoms with Crippen LogP contribution in [0, 0.1) is 0 Å². The molecule has 0 radical (unpaired) electrons. The van der Waals surface area contributed by atoms with Gasteiger partial charge in [-0.25, -0.2) is 4.68 Å². The Labute approximate surface area is 181 Å². The monoisotopic (exact) mass is 424 g/mol. The summed E-state index contributed by atoms with van der Waals surface area (Å²) in [4.78, 5) is 16.5. The zero-order valence-corrected chi connectivity index (χ0v) is 16.6. The first-order chi connectivity index (χ1) is 15.7. The van der Waals surface area contributed by atoms with E-state index in [1.165, 1.54) is 0 Å². The standard InChI is InChI=1S/C22H16N8O2/c31-22(18-13-19(32-29-18)15-3-1-10-23-14-15)26-17-6-4-16(5-7-17)25-20-8-9-21(28-27-20)30-12-2-11-24-30/h1-14H,(H,25,27)(H,26,31). The van der Waals surface area contributed by atoms with Gasteiger partial charge in [0.05, 0.1) is 0 Å². The van der Waals surface area contributed by atoms with Gasteiger partial charge in [0, 0.05) is 47.8 Å². The molecule has 0 atom stereocenters. The Bertz CT molecular complexity index is 1310. The fourth-order valence-corrected chi connectivity index (χ4v) is 2.93. The van der Waals surface area contributed by atoms with Crippen molar-refractivity contribution in [2.45, 2.75) is 0 Å². The number of hydrogen-bond donors (Lipinski definition) is 2. The van der Waals surface area contributed by atoms with Crippen molar-refractivity contribution < 1.29 is 9.32 Å². The van der Waals surface area contributed by atoms with Crippen LogP contribution >= 0.6 is 0 Å². The molecule has 5 rings (SSSR count). The van der Waals surface area contributed by atoms with Crippen molar-refractivity contribution in [3.8, 4) is 17.1 Å². The number of benzene rings is 1. The molecule has 0 aliphatic carbocycles. The third-order valence-electron chi connectivity index (χ3n) is 4.49. The van der Waals surface area contributed by atoms with Gasteiger partial charge in [-0.1, -0.05) is 5.16 Å². The highest BCUT2D eigenvalue weighted by molar-refractivity contribution is 6.03. The van der Waals surface area contributed by atoms with E-state index < -0.39 is 0 Å². The molecule has 0 fully saturated rings. The number of nitrogens with zero attached hydrogens (tertiary/aromatic N) is 6. The molecule has 0 aliphatic heterocycles. The Hall–Kier alpha value is -4.86. The maximum atomic E-state index is 12.5. The zero-order chi connectivity index (χ0) is 21.8. The summed E-state index contributed by atoms with van der Waals surface area (Å²) in [6.07, 6.45) is 6.78. The molecule has 0 aliphatic rings. The van der Waals surface area contributed by atoms with Crippen LogP contribution in [0.15, 0.2) is 90.0 Å². The zero-order valence-electron chi connectivity index (χ0n) is 16.6. The van der Waals surface area contributed by atoms with Gasteiger partial charge in [0.15, 0.2) is 23.1 Å². The van der Waals surface area contributed by atoms with Crippen molar-refractivity contribution in [1.29, 1.82) is 0 Å². The van der Waals surface area contributed by atoms with E-state index in [0.29, 0.717) is 23.1 Å². The number of rotatable bonds is 6. The molecule has 156 valence electrons. The molecule has 5 aromatic rings. The van der Waals surface area contributed by atoms with Crippen LogP contribution in [-0.4, -0.2) is 36.0 Å². The maximum Gasteiger partial charge on any atom is 0.277 e. The van der Waals surface area contributed by atoms with E-state index in [2.05, 4.69) is 36.1 Å². The number of carbonyl (C=O) groups is 1. The van der Waals surface area contributed by atoms with E-state index in [0.717, 1.165) is 11.3 Å². The van der Waals surface area contributed by atoms with E-state index in [4.69, 9.17) is 4.52 Å². The quantitative estimate of drug-likeness (QED) is 0.423. The first-order valence-electron chi connectivity index (χ1n) is 9.64. The molecular weight excluding hydrogens is 408 g/mol. The lowest BCUT2D eigenvalue weighted by molar-refractivity contribution is 0.101. The molecule has 10 heteroatoms. The first-order valence-corrected chi connectivity index (χ1v) is 9.64. The summed E-state index contributed by atoms with van der Waals surface area (Å²) in [5.74, 6) is 1.31. The Morgan fingerprint density at radius 2 is 1.81 bits per heavy atom. The molecule has 0 spiro atoms. The van der Waals surface area contributed by atoms with Crippen LogP contribution in [0.5, 0.6) is 0 Å². The summed E-state index contributed by atoms with van der Waals surface area (Å²) >= 11 is 0. The molecule has 0 saturated carbocycles. The lowest BCUT2D eigenvalue weighted by Crippen LogP contribution is -2.12. The van der Waals surface area contributed by atoms with E-state index in [-0.39, 0.29) is 11.6 Å². The van der Waals surface area contributed by atoms with Gasteiger partial charge >= 0.3 is 0 Å². The predicted molar refractivity (Wildman–Crippen MR) is 117 cm³/mol. The van der Waals surface area contributed by atoms with E-state index in [1.807, 2.05) is 36.4 Å². The Kier molecular flexibility index (Phi) is 5.07. The predicted octanol–water partition coefficient (Wildman–Crippen LogP) is 3.71. The second kappa shape index (κ2) is 8.48. The van der Waals surface area contributed by atoms with Crippen molar-refractivity contribution in [2.24, 2.45) is 0 Å². The normalized spacial score (nSPS) is 10.6. The van der Waals surface area contributed by atoms with Crippen molar-refractivity contribution in [3.05, 3.63) is 91.1 Å². The van der Waals surface area contributed by atoms with Gasteiger partial charge in [0.2, 0.25) is 0 Å². The Morgan fingerprint density at radius 1 is 0.938 bits per heavy atom. The Balaban J connectivity index is 1.21. The molecule has 32 heavy (non-hydrogen) atoms. The minimum atomic E-state index is -0.371. The summed E-state index contributed by atoms with van der Waals surface area (Å²) in [5, 5.41) is 22.2. The summed E-state index contributed by atoms with van der Waals surface area (Å²) in [6, 6.07) is 17.8. The minimum Gasteiger partial charge on any atom is -0.355 e. The number of carbonyl (C=O) groups excluding carboxylic acids is 1. The van der Waals surface area contributed by atoms with Crippen molar-refractivity contribution in [2.75, 3.05) is 10.6 Å². The van der Waals surface area contributed by atoms with E-state index >= 15 is 0 Å². The summed E-state index contributed by atoms with van der Waals surface area (Å²) in [6.45, 7) is 0. The second-order valence-electron chi connectivity index (χ2n) is 6.70. The number of amides is 1. The van der Waals surface area contributed by atoms with E-state index in [9.17, 15) is 4.79 Å². The number of hydrogen-bond acceptors (Lipinski definition) is 8. The van der Waals surface area contributed by atoms with Gasteiger partial charge in [-0.15, -0.1) is 10.2 Å². The number of nitrogens with one attached hydrogen (secondary N) is 2. The van der Waals surface area contributed by atoms with Crippen LogP contribution in [0.1, 0.15) is 10.5 Å². The van der Waals surface area contributed by atoms with Gasteiger partial charge in [-0.2, -0.15) is 5.10 Å². The van der Waals surface area contributed by atoms with Crippen LogP contribution < -0.4 is 10.6 Å². The number of anilines is 3. The molecule has 1 amide bonds. The summed E-state index contributed by atoms with van der Waals surface area (Å²) < 4.78 is 6.88. The lowest BCUT2D eigenvalue weighted by Gasteiger charge is -2.07. The fraction of sp³-hybridized carbons (Fsp3) is 0. The summed E-state index contributed by atoms with van der Waals surface area (Å²) in [5.41, 5.74) is 2.34. The van der Waals surface area contributed by atoms with Gasteiger partial charge in [-0.05, 0) is 54.6 Å². The second-order valence-corrected chi connectivity index (χ2v) is 6.70. The molecule has 0 unspecified atom stereocenters. The van der Waals surface area contributed by atoms with Gasteiger partial charge in [0.1, 0.15) is 0 Å². The largest absolute Gasteiger partial charge is 0.355 e. The average molecular weight is 424 g/mol. The van der Waals surface area contributed by atoms with Crippen LogP contribution in [0.25, 0.3) is 17.1 Å². The van der Waals surface area contributed by atoms with E-state index in [1.54, 1.807) is 53.7 Å². The van der Waals surface area contributed by atoms with Crippen LogP contribution in [0.2, 0.25) is 0 Å². The smallest absolute Gasteiger partial charge is 0.277 e. The van der Waals surface area contributed by atoms with Crippen LogP contribution in [0.4, 0.5) is 17.2 Å². The molecule has 4 aromatic heterocycles. The molecule has 0 bridgehead atoms. The molecule has 0 saturated heterocycles. The van der Waals surface area contributed by atoms with Crippen LogP contribution in [-0.2, 0) is 0 Å². The SMILES string of the molecule is O=C(Nc1ccc(Nc2ccc(-n3cccn3)nn2)cc1)c1cc(-c2cccnc2)on1. The third kappa shape index (κ3) is 4.19. The lowest BCUT2D eigenvalue weighted by atomic mass is 10.2. The number of aromatic nitrogens is 6. The van der Waals surface area contributed by atoms with Gasteiger partial charge in [0.25, 0.3) is 5.91 Å². The van der Waals surface area contributed by atoms with Crippen molar-refractivity contribution in [3.63, 3.8) is 0 Å². The molecular formula is C22H16N8O2. The van der Waals surface area contributed by atoms with Crippen molar-refractivity contribution >= 4 is 23.1 Å². The molecule has 4 heterocycles. The third-order valence-corrected chi connectivity index (χ3v) is 4.49. The highest BCUT2D eigenvalue weighted by Gasteiger charge is 2.14. The molecule has 2 N–H and O–H groups in total. The van der Waals surface area contributed by atoms with Gasteiger partial charge < -0.3 is 15.2 Å². The fourth-order valence-electron chi connectivity index (χ4n) is 2.93. The highest BCUT2D eigenvalue weighted by Crippen LogP contribution is 2.21. The van der Waals surface area contributed by atoms with Gasteiger partial charge in [-0.3, -0.25) is 9.78 Å². The Morgan fingerprint density at radius 3 is 2.53 bits per heavy atom. The number of pyridine rings is 1. The van der Waals surface area contributed by atoms with Crippen molar-refractivity contribution in [1.82, 2.24) is 30.1 Å². The average Bonchev–Trinajstić information content (AvgIpc) is 3.54. The highest BCUT2D eigenvalue weighted by atomic mass is 16.5. The molecule has 10 nitrogen and oxygen atoms in total. The molecule has 1 aromatic carbocycles. The first kappa shape index (κ1) is 19.1.